The summed E-state index contributed by atoms with van der Waals surface area (Å²) >= 11 is 0. The molecule has 0 aliphatic carbocycles. The average molecular weight is 178 g/mol. The van der Waals surface area contributed by atoms with E-state index in [1.54, 1.807) is 19.1 Å². The minimum absolute atomic E-state index is 0.130. The molecule has 3 N–H and O–H groups in total. The molecule has 0 bridgehead atoms. The Hall–Kier alpha value is -1.35. The Balaban J connectivity index is 2.72. The number of rotatable bonds is 2. The van der Waals surface area contributed by atoms with Gasteiger partial charge in [0.2, 0.25) is 0 Å². The third-order valence-electron chi connectivity index (χ3n) is 1.67. The minimum Gasteiger partial charge on any atom is -0.337 e. The zero-order valence-corrected chi connectivity index (χ0v) is 7.87. The van der Waals surface area contributed by atoms with E-state index in [9.17, 15) is 4.79 Å². The molecule has 70 valence electrons. The van der Waals surface area contributed by atoms with Crippen LogP contribution in [0.2, 0.25) is 0 Å². The van der Waals surface area contributed by atoms with Crippen LogP contribution in [0.25, 0.3) is 0 Å². The molecular weight excluding hydrogens is 164 g/mol. The molecule has 1 amide bonds. The van der Waals surface area contributed by atoms with Crippen molar-refractivity contribution >= 4 is 5.91 Å². The number of nitrogens with one attached hydrogen (secondary N) is 1. The molecule has 1 unspecified atom stereocenters. The standard InChI is InChI=1S/C10H14N2O/c1-7-3-5-9(6-4-7)10(13)12-8(2)11/h3-6,8H,11H2,1-2H3,(H,12,13). The first kappa shape index (κ1) is 9.74. The maximum absolute atomic E-state index is 11.4. The van der Waals surface area contributed by atoms with E-state index in [0.29, 0.717) is 5.56 Å². The van der Waals surface area contributed by atoms with Crippen LogP contribution in [0.4, 0.5) is 0 Å². The predicted octanol–water partition coefficient (Wildman–Crippen LogP) is 1.03. The fraction of sp³-hybridized carbons (Fsp3) is 0.300. The van der Waals surface area contributed by atoms with E-state index in [1.165, 1.54) is 0 Å². The van der Waals surface area contributed by atoms with Gasteiger partial charge in [0.25, 0.3) is 5.91 Å². The monoisotopic (exact) mass is 178 g/mol. The van der Waals surface area contributed by atoms with Crippen molar-refractivity contribution in [2.45, 2.75) is 20.0 Å². The summed E-state index contributed by atoms with van der Waals surface area (Å²) in [6.07, 6.45) is -0.311. The molecule has 1 aromatic rings. The number of benzene rings is 1. The third-order valence-corrected chi connectivity index (χ3v) is 1.67. The summed E-state index contributed by atoms with van der Waals surface area (Å²) in [7, 11) is 0. The van der Waals surface area contributed by atoms with E-state index in [2.05, 4.69) is 5.32 Å². The van der Waals surface area contributed by atoms with Crippen molar-refractivity contribution in [3.8, 4) is 0 Å². The molecular formula is C10H14N2O. The largest absolute Gasteiger partial charge is 0.337 e. The number of hydrogen-bond donors (Lipinski definition) is 2. The van der Waals surface area contributed by atoms with Crippen LogP contribution in [0.1, 0.15) is 22.8 Å². The van der Waals surface area contributed by atoms with Gasteiger partial charge >= 0.3 is 0 Å². The topological polar surface area (TPSA) is 55.1 Å². The number of hydrogen-bond acceptors (Lipinski definition) is 2. The van der Waals surface area contributed by atoms with Crippen LogP contribution in [0.5, 0.6) is 0 Å². The highest BCUT2D eigenvalue weighted by Gasteiger charge is 2.05. The van der Waals surface area contributed by atoms with Crippen molar-refractivity contribution in [3.63, 3.8) is 0 Å². The van der Waals surface area contributed by atoms with Crippen molar-refractivity contribution in [2.24, 2.45) is 5.73 Å². The van der Waals surface area contributed by atoms with Crippen molar-refractivity contribution in [2.75, 3.05) is 0 Å². The van der Waals surface area contributed by atoms with E-state index in [1.807, 2.05) is 19.1 Å². The molecule has 0 aromatic heterocycles. The third kappa shape index (κ3) is 2.87. The van der Waals surface area contributed by atoms with E-state index in [4.69, 9.17) is 5.73 Å². The maximum atomic E-state index is 11.4. The molecule has 0 aliphatic heterocycles. The lowest BCUT2D eigenvalue weighted by molar-refractivity contribution is 0.0941. The second kappa shape index (κ2) is 4.05. The number of amides is 1. The number of aryl methyl sites for hydroxylation is 1. The van der Waals surface area contributed by atoms with E-state index in [-0.39, 0.29) is 12.1 Å². The van der Waals surface area contributed by atoms with Crippen LogP contribution in [0.3, 0.4) is 0 Å². The molecule has 0 radical (unpaired) electrons. The van der Waals surface area contributed by atoms with Gasteiger partial charge in [-0.15, -0.1) is 0 Å². The van der Waals surface area contributed by atoms with Gasteiger partial charge in [-0.25, -0.2) is 0 Å². The lowest BCUT2D eigenvalue weighted by Gasteiger charge is -2.07. The average Bonchev–Trinajstić information content (AvgIpc) is 2.04. The van der Waals surface area contributed by atoms with Crippen LogP contribution < -0.4 is 11.1 Å². The fourth-order valence-electron chi connectivity index (χ4n) is 0.995. The summed E-state index contributed by atoms with van der Waals surface area (Å²) in [5.74, 6) is -0.130. The number of carbonyl (C=O) groups is 1. The molecule has 13 heavy (non-hydrogen) atoms. The summed E-state index contributed by atoms with van der Waals surface area (Å²) in [5, 5.41) is 2.62. The quantitative estimate of drug-likeness (QED) is 0.664. The van der Waals surface area contributed by atoms with Crippen LogP contribution in [0.15, 0.2) is 24.3 Å². The molecule has 1 aromatic carbocycles. The summed E-state index contributed by atoms with van der Waals surface area (Å²) in [4.78, 5) is 11.4. The molecule has 0 aliphatic rings. The van der Waals surface area contributed by atoms with Gasteiger partial charge in [0, 0.05) is 5.56 Å². The highest BCUT2D eigenvalue weighted by molar-refractivity contribution is 5.94. The van der Waals surface area contributed by atoms with Gasteiger partial charge in [0.05, 0.1) is 6.17 Å². The SMILES string of the molecule is Cc1ccc(C(=O)NC(C)N)cc1. The van der Waals surface area contributed by atoms with Gasteiger partial charge in [-0.1, -0.05) is 17.7 Å². The van der Waals surface area contributed by atoms with Crippen LogP contribution in [-0.2, 0) is 0 Å². The minimum atomic E-state index is -0.311. The molecule has 0 heterocycles. The Labute approximate surface area is 77.9 Å². The van der Waals surface area contributed by atoms with Gasteiger partial charge in [-0.2, -0.15) is 0 Å². The Morgan fingerprint density at radius 3 is 2.38 bits per heavy atom. The van der Waals surface area contributed by atoms with E-state index < -0.39 is 0 Å². The Bertz CT molecular complexity index is 290. The van der Waals surface area contributed by atoms with Crippen molar-refractivity contribution < 1.29 is 4.79 Å². The van der Waals surface area contributed by atoms with Gasteiger partial charge in [-0.3, -0.25) is 4.79 Å². The predicted molar refractivity (Wildman–Crippen MR) is 52.3 cm³/mol. The molecule has 1 atom stereocenters. The van der Waals surface area contributed by atoms with Crippen LogP contribution in [0, 0.1) is 6.92 Å². The van der Waals surface area contributed by atoms with Crippen LogP contribution in [-0.4, -0.2) is 12.1 Å². The van der Waals surface area contributed by atoms with Crippen molar-refractivity contribution in [1.82, 2.24) is 5.32 Å². The Morgan fingerprint density at radius 1 is 1.38 bits per heavy atom. The molecule has 3 heteroatoms. The lowest BCUT2D eigenvalue weighted by Crippen LogP contribution is -2.38. The molecule has 0 saturated carbocycles. The first-order valence-electron chi connectivity index (χ1n) is 4.22. The van der Waals surface area contributed by atoms with Gasteiger partial charge in [0.15, 0.2) is 0 Å². The molecule has 3 nitrogen and oxygen atoms in total. The molecule has 0 saturated heterocycles. The fourth-order valence-corrected chi connectivity index (χ4v) is 0.995. The van der Waals surface area contributed by atoms with Gasteiger partial charge in [0.1, 0.15) is 0 Å². The number of nitrogens with two attached hydrogens (primary N) is 1. The number of carbonyl (C=O) groups excluding carboxylic acids is 1. The zero-order valence-electron chi connectivity index (χ0n) is 7.87. The van der Waals surface area contributed by atoms with Gasteiger partial charge in [-0.05, 0) is 26.0 Å². The smallest absolute Gasteiger partial charge is 0.252 e. The molecule has 1 rings (SSSR count). The summed E-state index contributed by atoms with van der Waals surface area (Å²) < 4.78 is 0. The Morgan fingerprint density at radius 2 is 1.92 bits per heavy atom. The van der Waals surface area contributed by atoms with Crippen LogP contribution >= 0.6 is 0 Å². The second-order valence-corrected chi connectivity index (χ2v) is 3.13. The lowest BCUT2D eigenvalue weighted by atomic mass is 10.1. The molecule has 0 fully saturated rings. The van der Waals surface area contributed by atoms with E-state index in [0.717, 1.165) is 5.56 Å². The van der Waals surface area contributed by atoms with Gasteiger partial charge < -0.3 is 11.1 Å². The van der Waals surface area contributed by atoms with Crippen molar-refractivity contribution in [3.05, 3.63) is 35.4 Å². The maximum Gasteiger partial charge on any atom is 0.252 e. The normalized spacial score (nSPS) is 12.2. The van der Waals surface area contributed by atoms with E-state index >= 15 is 0 Å². The summed E-state index contributed by atoms with van der Waals surface area (Å²) in [5.41, 5.74) is 7.21. The van der Waals surface area contributed by atoms with Crippen molar-refractivity contribution in [1.29, 1.82) is 0 Å². The second-order valence-electron chi connectivity index (χ2n) is 3.13. The highest BCUT2D eigenvalue weighted by atomic mass is 16.1. The summed E-state index contributed by atoms with van der Waals surface area (Å²) in [6.45, 7) is 3.71. The Kier molecular flexibility index (Phi) is 3.03. The highest BCUT2D eigenvalue weighted by Crippen LogP contribution is 2.02. The first-order valence-corrected chi connectivity index (χ1v) is 4.22. The summed E-state index contributed by atoms with van der Waals surface area (Å²) in [6, 6.07) is 7.37. The first-order chi connectivity index (χ1) is 6.09. The zero-order chi connectivity index (χ0) is 9.84. The molecule has 0 spiro atoms.